The molecule has 0 unspecified atom stereocenters. The van der Waals surface area contributed by atoms with Crippen LogP contribution in [-0.4, -0.2) is 45.6 Å². The van der Waals surface area contributed by atoms with Crippen LogP contribution in [0.3, 0.4) is 0 Å². The predicted molar refractivity (Wildman–Crippen MR) is 104 cm³/mol. The van der Waals surface area contributed by atoms with E-state index in [1.807, 2.05) is 24.5 Å². The average Bonchev–Trinajstić information content (AvgIpc) is 2.61. The minimum Gasteiger partial charge on any atom is -0.496 e. The first-order chi connectivity index (χ1) is 12.3. The molecule has 0 saturated carbocycles. The number of nitrogens with one attached hydrogen (secondary N) is 1. The molecule has 26 heavy (non-hydrogen) atoms. The summed E-state index contributed by atoms with van der Waals surface area (Å²) in [5.74, 6) is 0.209. The van der Waals surface area contributed by atoms with E-state index >= 15 is 0 Å². The molecule has 0 aliphatic carbocycles. The van der Waals surface area contributed by atoms with Crippen molar-refractivity contribution < 1.29 is 17.9 Å². The lowest BCUT2D eigenvalue weighted by atomic mass is 10.2. The summed E-state index contributed by atoms with van der Waals surface area (Å²) < 4.78 is 31.6. The van der Waals surface area contributed by atoms with Crippen molar-refractivity contribution in [2.24, 2.45) is 0 Å². The van der Waals surface area contributed by atoms with Gasteiger partial charge in [0.2, 0.25) is 15.9 Å². The molecule has 0 spiro atoms. The Balaban J connectivity index is 2.13. The number of carbonyl (C=O) groups is 1. The zero-order valence-corrected chi connectivity index (χ0v) is 16.8. The zero-order chi connectivity index (χ0) is 19.3. The number of amides is 1. The Morgan fingerprint density at radius 2 is 1.92 bits per heavy atom. The van der Waals surface area contributed by atoms with Crippen molar-refractivity contribution in [1.29, 1.82) is 0 Å². The molecule has 2 aromatic rings. The molecule has 0 aliphatic heterocycles. The van der Waals surface area contributed by atoms with Crippen LogP contribution in [0.2, 0.25) is 0 Å². The molecule has 0 radical (unpaired) electrons. The Labute approximate surface area is 158 Å². The molecule has 0 atom stereocenters. The number of nitrogens with zero attached hydrogens (tertiary/aromatic N) is 1. The quantitative estimate of drug-likeness (QED) is 0.731. The van der Waals surface area contributed by atoms with E-state index in [9.17, 15) is 13.2 Å². The van der Waals surface area contributed by atoms with Crippen molar-refractivity contribution in [3.63, 3.8) is 0 Å². The van der Waals surface area contributed by atoms with E-state index in [0.717, 1.165) is 9.20 Å². The third-order valence-electron chi connectivity index (χ3n) is 3.82. The van der Waals surface area contributed by atoms with Crippen LogP contribution in [0.1, 0.15) is 5.56 Å². The minimum atomic E-state index is -3.78. The summed E-state index contributed by atoms with van der Waals surface area (Å²) >= 11 is 1.51. The summed E-state index contributed by atoms with van der Waals surface area (Å²) in [6.45, 7) is 1.49. The van der Waals surface area contributed by atoms with E-state index < -0.39 is 15.9 Å². The number of hydrogen-bond donors (Lipinski definition) is 1. The second-order valence-electron chi connectivity index (χ2n) is 5.64. The van der Waals surface area contributed by atoms with E-state index in [4.69, 9.17) is 4.74 Å². The van der Waals surface area contributed by atoms with Gasteiger partial charge < -0.3 is 10.1 Å². The van der Waals surface area contributed by atoms with Crippen LogP contribution >= 0.6 is 11.8 Å². The molecule has 0 aromatic heterocycles. The Hall–Kier alpha value is -2.03. The summed E-state index contributed by atoms with van der Waals surface area (Å²) in [4.78, 5) is 13.3. The molecular weight excluding hydrogens is 372 g/mol. The highest BCUT2D eigenvalue weighted by Crippen LogP contribution is 2.25. The largest absolute Gasteiger partial charge is 0.496 e. The number of likely N-dealkylation sites (N-methyl/N-ethyl adjacent to an activating group) is 1. The average molecular weight is 395 g/mol. The lowest BCUT2D eigenvalue weighted by Gasteiger charge is -2.18. The van der Waals surface area contributed by atoms with Crippen molar-refractivity contribution in [2.75, 3.05) is 32.3 Å². The molecule has 0 aliphatic rings. The van der Waals surface area contributed by atoms with E-state index in [1.165, 1.54) is 38.1 Å². The number of carbonyl (C=O) groups excluding carboxylic acids is 1. The summed E-state index contributed by atoms with van der Waals surface area (Å²) in [5, 5.41) is 2.76. The Kier molecular flexibility index (Phi) is 6.69. The lowest BCUT2D eigenvalue weighted by Crippen LogP contribution is -2.35. The summed E-state index contributed by atoms with van der Waals surface area (Å²) in [7, 11) is -0.867. The Morgan fingerprint density at radius 1 is 1.23 bits per heavy atom. The molecule has 0 bridgehead atoms. The molecule has 140 valence electrons. The normalized spacial score (nSPS) is 11.4. The highest BCUT2D eigenvalue weighted by Gasteiger charge is 2.24. The SMILES string of the molecule is COc1ccc(S(=O)(=O)N(C)CC(=O)Nc2ccccc2SC)cc1C. The van der Waals surface area contributed by atoms with Crippen LogP contribution in [0, 0.1) is 6.92 Å². The highest BCUT2D eigenvalue weighted by molar-refractivity contribution is 7.98. The Bertz CT molecular complexity index is 898. The maximum Gasteiger partial charge on any atom is 0.243 e. The van der Waals surface area contributed by atoms with Crippen molar-refractivity contribution >= 4 is 33.4 Å². The van der Waals surface area contributed by atoms with Gasteiger partial charge in [-0.15, -0.1) is 11.8 Å². The number of benzene rings is 2. The number of sulfonamides is 1. The number of ether oxygens (including phenoxy) is 1. The third kappa shape index (κ3) is 4.57. The maximum absolute atomic E-state index is 12.7. The van der Waals surface area contributed by atoms with Gasteiger partial charge in [-0.2, -0.15) is 4.31 Å². The second-order valence-corrected chi connectivity index (χ2v) is 8.53. The fraction of sp³-hybridized carbons (Fsp3) is 0.278. The fourth-order valence-electron chi connectivity index (χ4n) is 2.42. The molecular formula is C18H22N2O4S2. The van der Waals surface area contributed by atoms with Gasteiger partial charge >= 0.3 is 0 Å². The molecule has 2 rings (SSSR count). The van der Waals surface area contributed by atoms with Gasteiger partial charge in [-0.1, -0.05) is 12.1 Å². The first kappa shape index (κ1) is 20.3. The van der Waals surface area contributed by atoms with Gasteiger partial charge in [-0.25, -0.2) is 8.42 Å². The first-order valence-corrected chi connectivity index (χ1v) is 10.5. The second kappa shape index (κ2) is 8.57. The number of aryl methyl sites for hydroxylation is 1. The van der Waals surface area contributed by atoms with Gasteiger partial charge in [-0.05, 0) is 49.1 Å². The first-order valence-electron chi connectivity index (χ1n) is 7.83. The molecule has 8 heteroatoms. The van der Waals surface area contributed by atoms with Crippen molar-refractivity contribution in [1.82, 2.24) is 4.31 Å². The van der Waals surface area contributed by atoms with E-state index in [0.29, 0.717) is 17.0 Å². The third-order valence-corrected chi connectivity index (χ3v) is 6.42. The Morgan fingerprint density at radius 3 is 2.54 bits per heavy atom. The van der Waals surface area contributed by atoms with Crippen LogP contribution in [0.4, 0.5) is 5.69 Å². The minimum absolute atomic E-state index is 0.121. The molecule has 2 aromatic carbocycles. The lowest BCUT2D eigenvalue weighted by molar-refractivity contribution is -0.116. The maximum atomic E-state index is 12.7. The summed E-state index contributed by atoms with van der Waals surface area (Å²) in [6.07, 6.45) is 1.91. The highest BCUT2D eigenvalue weighted by atomic mass is 32.2. The molecule has 0 heterocycles. The number of thioether (sulfide) groups is 1. The molecule has 6 nitrogen and oxygen atoms in total. The number of hydrogen-bond acceptors (Lipinski definition) is 5. The van der Waals surface area contributed by atoms with Crippen LogP contribution in [0.25, 0.3) is 0 Å². The van der Waals surface area contributed by atoms with Gasteiger partial charge in [0.25, 0.3) is 0 Å². The van der Waals surface area contributed by atoms with Crippen molar-refractivity contribution in [3.8, 4) is 5.75 Å². The van der Waals surface area contributed by atoms with Gasteiger partial charge in [0, 0.05) is 11.9 Å². The topological polar surface area (TPSA) is 75.7 Å². The summed E-state index contributed by atoms with van der Waals surface area (Å²) in [6, 6.07) is 12.0. The molecule has 1 N–H and O–H groups in total. The van der Waals surface area contributed by atoms with E-state index in [2.05, 4.69) is 5.32 Å². The molecule has 0 fully saturated rings. The van der Waals surface area contributed by atoms with Crippen LogP contribution < -0.4 is 10.1 Å². The van der Waals surface area contributed by atoms with Crippen molar-refractivity contribution in [3.05, 3.63) is 48.0 Å². The van der Waals surface area contributed by atoms with Gasteiger partial charge in [-0.3, -0.25) is 4.79 Å². The number of anilines is 1. The van der Waals surface area contributed by atoms with E-state index in [1.54, 1.807) is 19.1 Å². The number of para-hydroxylation sites is 1. The smallest absolute Gasteiger partial charge is 0.243 e. The molecule has 0 saturated heterocycles. The fourth-order valence-corrected chi connectivity index (χ4v) is 4.18. The predicted octanol–water partition coefficient (Wildman–Crippen LogP) is 2.98. The summed E-state index contributed by atoms with van der Waals surface area (Å²) in [5.41, 5.74) is 1.37. The van der Waals surface area contributed by atoms with Crippen LogP contribution in [0.5, 0.6) is 5.75 Å². The van der Waals surface area contributed by atoms with Crippen LogP contribution in [-0.2, 0) is 14.8 Å². The van der Waals surface area contributed by atoms with Crippen LogP contribution in [0.15, 0.2) is 52.3 Å². The number of rotatable bonds is 7. The zero-order valence-electron chi connectivity index (χ0n) is 15.1. The molecule has 1 amide bonds. The van der Waals surface area contributed by atoms with Gasteiger partial charge in [0.1, 0.15) is 5.75 Å². The van der Waals surface area contributed by atoms with Gasteiger partial charge in [0.05, 0.1) is 24.2 Å². The monoisotopic (exact) mass is 394 g/mol. The van der Waals surface area contributed by atoms with Crippen molar-refractivity contribution in [2.45, 2.75) is 16.7 Å². The standard InChI is InChI=1S/C18H22N2O4S2/c1-13-11-14(9-10-16(13)24-3)26(22,23)20(2)12-18(21)19-15-7-5-6-8-17(15)25-4/h5-11H,12H2,1-4H3,(H,19,21). The number of methoxy groups -OCH3 is 1. The van der Waals surface area contributed by atoms with E-state index in [-0.39, 0.29) is 11.4 Å². The van der Waals surface area contributed by atoms with Gasteiger partial charge in [0.15, 0.2) is 0 Å².